The lowest BCUT2D eigenvalue weighted by Gasteiger charge is -2.09. The van der Waals surface area contributed by atoms with Gasteiger partial charge in [0, 0.05) is 23.9 Å². The van der Waals surface area contributed by atoms with Crippen LogP contribution in [0.3, 0.4) is 0 Å². The fourth-order valence-corrected chi connectivity index (χ4v) is 3.65. The number of hydrogen-bond acceptors (Lipinski definition) is 6. The molecule has 0 fully saturated rings. The van der Waals surface area contributed by atoms with Gasteiger partial charge in [0.05, 0.1) is 30.2 Å². The van der Waals surface area contributed by atoms with Gasteiger partial charge >= 0.3 is 0 Å². The number of amides is 1. The maximum Gasteiger partial charge on any atom is 0.262 e. The molecule has 0 saturated carbocycles. The number of anilines is 1. The quantitative estimate of drug-likeness (QED) is 0.656. The van der Waals surface area contributed by atoms with Crippen molar-refractivity contribution in [3.8, 4) is 5.88 Å². The van der Waals surface area contributed by atoms with Crippen LogP contribution in [0.15, 0.2) is 29.5 Å². The van der Waals surface area contributed by atoms with Crippen LogP contribution >= 0.6 is 11.3 Å². The molecule has 28 heavy (non-hydrogen) atoms. The summed E-state index contributed by atoms with van der Waals surface area (Å²) in [6.45, 7) is 8.89. The molecule has 0 aliphatic rings. The van der Waals surface area contributed by atoms with Gasteiger partial charge in [0.2, 0.25) is 11.8 Å². The minimum atomic E-state index is -0.192. The van der Waals surface area contributed by atoms with E-state index in [-0.39, 0.29) is 24.4 Å². The summed E-state index contributed by atoms with van der Waals surface area (Å²) < 4.78 is 7.01. The molecule has 0 unspecified atom stereocenters. The van der Waals surface area contributed by atoms with Crippen molar-refractivity contribution in [2.45, 2.75) is 40.7 Å². The third-order valence-electron chi connectivity index (χ3n) is 4.32. The Morgan fingerprint density at radius 3 is 2.75 bits per heavy atom. The van der Waals surface area contributed by atoms with Gasteiger partial charge in [0.15, 0.2) is 0 Å². The third kappa shape index (κ3) is 4.56. The number of ether oxygens (including phenoxy) is 1. The molecule has 1 N–H and O–H groups in total. The lowest BCUT2D eigenvalue weighted by molar-refractivity contribution is -0.116. The average Bonchev–Trinajstić information content (AvgIpc) is 2.95. The van der Waals surface area contributed by atoms with Crippen LogP contribution in [-0.2, 0) is 11.3 Å². The van der Waals surface area contributed by atoms with Crippen LogP contribution in [0.4, 0.5) is 5.69 Å². The van der Waals surface area contributed by atoms with Crippen molar-refractivity contribution in [3.05, 3.63) is 45.5 Å². The Labute approximate surface area is 167 Å². The van der Waals surface area contributed by atoms with E-state index in [1.54, 1.807) is 18.3 Å². The van der Waals surface area contributed by atoms with E-state index < -0.39 is 0 Å². The molecule has 3 aromatic rings. The summed E-state index contributed by atoms with van der Waals surface area (Å²) in [5.41, 5.74) is 1.45. The van der Waals surface area contributed by atoms with Crippen LogP contribution in [0.25, 0.3) is 10.2 Å². The van der Waals surface area contributed by atoms with Crippen molar-refractivity contribution in [2.75, 3.05) is 11.9 Å². The first-order valence-corrected chi connectivity index (χ1v) is 10.0. The number of aromatic nitrogens is 3. The third-order valence-corrected chi connectivity index (χ3v) is 5.44. The minimum absolute atomic E-state index is 0.104. The van der Waals surface area contributed by atoms with E-state index >= 15 is 0 Å². The molecule has 0 radical (unpaired) electrons. The fraction of sp³-hybridized carbons (Fsp3) is 0.400. The molecule has 8 heteroatoms. The van der Waals surface area contributed by atoms with Crippen molar-refractivity contribution >= 4 is 33.1 Å². The molecule has 7 nitrogen and oxygen atoms in total. The van der Waals surface area contributed by atoms with Gasteiger partial charge in [-0.05, 0) is 31.4 Å². The smallest absolute Gasteiger partial charge is 0.262 e. The number of carbonyl (C=O) groups excluding carboxylic acids is 1. The Balaban J connectivity index is 1.60. The SMILES string of the molecule is Cc1sc2ncn(CCC(=O)Nc3ccc(OCC(C)C)nc3)c(=O)c2c1C. The minimum Gasteiger partial charge on any atom is -0.477 e. The lowest BCUT2D eigenvalue weighted by Crippen LogP contribution is -2.23. The highest BCUT2D eigenvalue weighted by molar-refractivity contribution is 7.18. The first-order valence-electron chi connectivity index (χ1n) is 9.19. The van der Waals surface area contributed by atoms with Crippen LogP contribution in [0.2, 0.25) is 0 Å². The molecule has 148 valence electrons. The Morgan fingerprint density at radius 1 is 1.29 bits per heavy atom. The van der Waals surface area contributed by atoms with Gasteiger partial charge in [0.1, 0.15) is 4.83 Å². The second-order valence-electron chi connectivity index (χ2n) is 7.09. The van der Waals surface area contributed by atoms with Crippen molar-refractivity contribution in [1.82, 2.24) is 14.5 Å². The van der Waals surface area contributed by atoms with Crippen molar-refractivity contribution in [2.24, 2.45) is 5.92 Å². The summed E-state index contributed by atoms with van der Waals surface area (Å²) >= 11 is 1.51. The summed E-state index contributed by atoms with van der Waals surface area (Å²) in [7, 11) is 0. The van der Waals surface area contributed by atoms with E-state index in [2.05, 4.69) is 29.1 Å². The van der Waals surface area contributed by atoms with Crippen LogP contribution in [0.5, 0.6) is 5.88 Å². The Hall–Kier alpha value is -2.74. The molecule has 0 bridgehead atoms. The normalized spacial score (nSPS) is 11.2. The number of thiophene rings is 1. The first kappa shape index (κ1) is 20.0. The number of carbonyl (C=O) groups is 1. The highest BCUT2D eigenvalue weighted by atomic mass is 32.1. The second-order valence-corrected chi connectivity index (χ2v) is 8.30. The molecule has 3 heterocycles. The molecular weight excluding hydrogens is 376 g/mol. The zero-order valence-corrected chi connectivity index (χ0v) is 17.3. The molecule has 0 saturated heterocycles. The number of rotatable bonds is 7. The molecule has 0 atom stereocenters. The van der Waals surface area contributed by atoms with E-state index in [0.29, 0.717) is 29.5 Å². The van der Waals surface area contributed by atoms with Gasteiger partial charge in [0.25, 0.3) is 5.56 Å². The molecule has 0 aliphatic carbocycles. The van der Waals surface area contributed by atoms with Crippen molar-refractivity contribution in [3.63, 3.8) is 0 Å². The Bertz CT molecular complexity index is 1040. The second kappa shape index (κ2) is 8.52. The topological polar surface area (TPSA) is 86.1 Å². The summed E-state index contributed by atoms with van der Waals surface area (Å²) in [6, 6.07) is 3.47. The van der Waals surface area contributed by atoms with Gasteiger partial charge in [-0.1, -0.05) is 13.8 Å². The van der Waals surface area contributed by atoms with Crippen molar-refractivity contribution < 1.29 is 9.53 Å². The molecule has 0 spiro atoms. The Morgan fingerprint density at radius 2 is 2.07 bits per heavy atom. The number of fused-ring (bicyclic) bond motifs is 1. The highest BCUT2D eigenvalue weighted by Gasteiger charge is 2.13. The molecule has 0 aromatic carbocycles. The molecule has 3 rings (SSSR count). The number of nitrogens with zero attached hydrogens (tertiary/aromatic N) is 3. The summed E-state index contributed by atoms with van der Waals surface area (Å²) in [6.07, 6.45) is 3.24. The lowest BCUT2D eigenvalue weighted by atomic mass is 10.2. The molecule has 1 amide bonds. The zero-order valence-electron chi connectivity index (χ0n) is 16.5. The number of hydrogen-bond donors (Lipinski definition) is 1. The Kier molecular flexibility index (Phi) is 6.08. The summed E-state index contributed by atoms with van der Waals surface area (Å²) in [5, 5.41) is 3.43. The van der Waals surface area contributed by atoms with Gasteiger partial charge in [-0.25, -0.2) is 9.97 Å². The monoisotopic (exact) mass is 400 g/mol. The van der Waals surface area contributed by atoms with Gasteiger partial charge in [-0.2, -0.15) is 0 Å². The first-order chi connectivity index (χ1) is 13.3. The standard InChI is InChI=1S/C20H24N4O3S/c1-12(2)10-27-17-6-5-15(9-21-17)23-16(25)7-8-24-11-22-19-18(20(24)26)13(3)14(4)28-19/h5-6,9,11-12H,7-8,10H2,1-4H3,(H,23,25). The number of aryl methyl sites for hydroxylation is 3. The predicted octanol–water partition coefficient (Wildman–Crippen LogP) is 3.53. The van der Waals surface area contributed by atoms with Crippen LogP contribution in [0, 0.1) is 19.8 Å². The van der Waals surface area contributed by atoms with Gasteiger partial charge < -0.3 is 10.1 Å². The van der Waals surface area contributed by atoms with Crippen LogP contribution in [0.1, 0.15) is 30.7 Å². The summed E-state index contributed by atoms with van der Waals surface area (Å²) in [4.78, 5) is 35.2. The van der Waals surface area contributed by atoms with E-state index in [1.165, 1.54) is 22.2 Å². The predicted molar refractivity (Wildman–Crippen MR) is 111 cm³/mol. The van der Waals surface area contributed by atoms with E-state index in [9.17, 15) is 9.59 Å². The summed E-state index contributed by atoms with van der Waals surface area (Å²) in [5.74, 6) is 0.752. The molecular formula is C20H24N4O3S. The zero-order chi connectivity index (χ0) is 20.3. The molecule has 0 aliphatic heterocycles. The largest absolute Gasteiger partial charge is 0.477 e. The number of nitrogens with one attached hydrogen (secondary N) is 1. The number of pyridine rings is 1. The molecule has 3 aromatic heterocycles. The maximum absolute atomic E-state index is 12.7. The van der Waals surface area contributed by atoms with E-state index in [0.717, 1.165) is 15.3 Å². The maximum atomic E-state index is 12.7. The van der Waals surface area contributed by atoms with Crippen LogP contribution < -0.4 is 15.6 Å². The van der Waals surface area contributed by atoms with Gasteiger partial charge in [-0.3, -0.25) is 14.2 Å². The van der Waals surface area contributed by atoms with Crippen LogP contribution in [-0.4, -0.2) is 27.0 Å². The average molecular weight is 401 g/mol. The fourth-order valence-electron chi connectivity index (χ4n) is 2.67. The van der Waals surface area contributed by atoms with E-state index in [4.69, 9.17) is 4.74 Å². The highest BCUT2D eigenvalue weighted by Crippen LogP contribution is 2.25. The van der Waals surface area contributed by atoms with E-state index in [1.807, 2.05) is 13.8 Å². The van der Waals surface area contributed by atoms with Gasteiger partial charge in [-0.15, -0.1) is 11.3 Å². The van der Waals surface area contributed by atoms with Crippen molar-refractivity contribution in [1.29, 1.82) is 0 Å².